The average molecular weight is 203 g/mol. The molecule has 2 heterocycles. The average Bonchev–Trinajstić information content (AvgIpc) is 2.75. The maximum Gasteiger partial charge on any atom is 0.162 e. The van der Waals surface area contributed by atoms with Gasteiger partial charge in [-0.1, -0.05) is 0 Å². The van der Waals surface area contributed by atoms with Crippen LogP contribution in [0.25, 0.3) is 11.4 Å². The number of nitrogens with zero attached hydrogens (tertiary/aromatic N) is 2. The Morgan fingerprint density at radius 3 is 2.73 bits per heavy atom. The highest BCUT2D eigenvalue weighted by Crippen LogP contribution is 2.18. The summed E-state index contributed by atoms with van der Waals surface area (Å²) >= 11 is 0. The van der Waals surface area contributed by atoms with Crippen molar-refractivity contribution in [2.24, 2.45) is 5.73 Å². The van der Waals surface area contributed by atoms with E-state index in [0.29, 0.717) is 12.4 Å². The molecule has 0 saturated carbocycles. The van der Waals surface area contributed by atoms with E-state index in [-0.39, 0.29) is 0 Å². The summed E-state index contributed by atoms with van der Waals surface area (Å²) in [7, 11) is 0. The molecule has 0 atom stereocenters. The highest BCUT2D eigenvalue weighted by Gasteiger charge is 2.08. The molecule has 2 aromatic rings. The number of aryl methyl sites for hydroxylation is 1. The Morgan fingerprint density at radius 2 is 2.13 bits per heavy atom. The van der Waals surface area contributed by atoms with Gasteiger partial charge in [-0.3, -0.25) is 0 Å². The molecule has 78 valence electrons. The second-order valence-electron chi connectivity index (χ2n) is 3.42. The van der Waals surface area contributed by atoms with Gasteiger partial charge >= 0.3 is 0 Å². The van der Waals surface area contributed by atoms with E-state index in [9.17, 15) is 0 Å². The lowest BCUT2D eigenvalue weighted by Gasteiger charge is -2.07. The summed E-state index contributed by atoms with van der Waals surface area (Å²) in [5, 5.41) is 0. The molecule has 0 spiro atoms. The molecule has 4 heteroatoms. The van der Waals surface area contributed by atoms with E-state index in [1.54, 1.807) is 12.5 Å². The van der Waals surface area contributed by atoms with E-state index in [1.807, 2.05) is 19.9 Å². The first-order chi connectivity index (χ1) is 7.22. The Balaban J connectivity index is 2.55. The lowest BCUT2D eigenvalue weighted by molar-refractivity contribution is 0.568. The van der Waals surface area contributed by atoms with Crippen LogP contribution >= 0.6 is 0 Å². The van der Waals surface area contributed by atoms with Crippen molar-refractivity contribution in [3.05, 3.63) is 35.5 Å². The summed E-state index contributed by atoms with van der Waals surface area (Å²) in [5.74, 6) is 0.673. The van der Waals surface area contributed by atoms with Crippen LogP contribution in [0, 0.1) is 13.8 Å². The predicted octanol–water partition coefficient (Wildman–Crippen LogP) is 1.81. The van der Waals surface area contributed by atoms with Crippen LogP contribution in [0.3, 0.4) is 0 Å². The first kappa shape index (κ1) is 9.86. The van der Waals surface area contributed by atoms with Gasteiger partial charge < -0.3 is 10.2 Å². The zero-order valence-corrected chi connectivity index (χ0v) is 8.82. The number of aromatic nitrogens is 2. The fraction of sp³-hybridized carbons (Fsp3) is 0.273. The number of nitrogens with two attached hydrogens (primary N) is 1. The SMILES string of the molecule is Cc1nc(-c2ccoc2)nc(CN)c1C. The maximum atomic E-state index is 5.63. The quantitative estimate of drug-likeness (QED) is 0.808. The molecular weight excluding hydrogens is 190 g/mol. The standard InChI is InChI=1S/C11H13N3O/c1-7-8(2)13-11(14-10(7)5-12)9-3-4-15-6-9/h3-4,6H,5,12H2,1-2H3. The van der Waals surface area contributed by atoms with Crippen LogP contribution in [-0.2, 0) is 6.54 Å². The summed E-state index contributed by atoms with van der Waals surface area (Å²) in [6.45, 7) is 4.37. The van der Waals surface area contributed by atoms with Crippen molar-refractivity contribution in [3.63, 3.8) is 0 Å². The third-order valence-corrected chi connectivity index (χ3v) is 2.46. The van der Waals surface area contributed by atoms with Crippen molar-refractivity contribution in [1.82, 2.24) is 9.97 Å². The van der Waals surface area contributed by atoms with Crippen molar-refractivity contribution in [1.29, 1.82) is 0 Å². The van der Waals surface area contributed by atoms with E-state index >= 15 is 0 Å². The van der Waals surface area contributed by atoms with Crippen molar-refractivity contribution >= 4 is 0 Å². The molecule has 0 radical (unpaired) electrons. The van der Waals surface area contributed by atoms with Gasteiger partial charge in [-0.2, -0.15) is 0 Å². The van der Waals surface area contributed by atoms with Crippen LogP contribution in [-0.4, -0.2) is 9.97 Å². The van der Waals surface area contributed by atoms with E-state index in [0.717, 1.165) is 22.5 Å². The van der Waals surface area contributed by atoms with Gasteiger partial charge in [-0.05, 0) is 25.5 Å². The molecule has 0 saturated heterocycles. The Labute approximate surface area is 88.2 Å². The van der Waals surface area contributed by atoms with Gasteiger partial charge in [0.25, 0.3) is 0 Å². The zero-order chi connectivity index (χ0) is 10.8. The van der Waals surface area contributed by atoms with E-state index in [2.05, 4.69) is 9.97 Å². The van der Waals surface area contributed by atoms with Crippen molar-refractivity contribution in [3.8, 4) is 11.4 Å². The first-order valence-electron chi connectivity index (χ1n) is 4.79. The van der Waals surface area contributed by atoms with Gasteiger partial charge in [0.15, 0.2) is 5.82 Å². The minimum Gasteiger partial charge on any atom is -0.472 e. The van der Waals surface area contributed by atoms with E-state index < -0.39 is 0 Å². The van der Waals surface area contributed by atoms with E-state index in [1.165, 1.54) is 0 Å². The molecule has 0 amide bonds. The van der Waals surface area contributed by atoms with Crippen LogP contribution in [0.1, 0.15) is 17.0 Å². The molecule has 0 fully saturated rings. The first-order valence-corrected chi connectivity index (χ1v) is 4.79. The Bertz CT molecular complexity index is 463. The maximum absolute atomic E-state index is 5.63. The summed E-state index contributed by atoms with van der Waals surface area (Å²) in [5.41, 5.74) is 9.42. The molecule has 15 heavy (non-hydrogen) atoms. The number of furan rings is 1. The van der Waals surface area contributed by atoms with Crippen LogP contribution in [0.15, 0.2) is 23.0 Å². The summed E-state index contributed by atoms with van der Waals surface area (Å²) in [6, 6.07) is 1.84. The molecule has 0 aliphatic rings. The molecular formula is C11H13N3O. The molecule has 2 N–H and O–H groups in total. The fourth-order valence-corrected chi connectivity index (χ4v) is 1.41. The van der Waals surface area contributed by atoms with Gasteiger partial charge in [0.05, 0.1) is 17.5 Å². The fourth-order valence-electron chi connectivity index (χ4n) is 1.41. The highest BCUT2D eigenvalue weighted by molar-refractivity contribution is 5.53. The van der Waals surface area contributed by atoms with Crippen LogP contribution in [0.4, 0.5) is 0 Å². The van der Waals surface area contributed by atoms with Gasteiger partial charge in [-0.15, -0.1) is 0 Å². The molecule has 2 aromatic heterocycles. The third kappa shape index (κ3) is 1.76. The molecule has 0 aromatic carbocycles. The minimum absolute atomic E-state index is 0.431. The predicted molar refractivity (Wildman–Crippen MR) is 57.1 cm³/mol. The second-order valence-corrected chi connectivity index (χ2v) is 3.42. The van der Waals surface area contributed by atoms with Crippen LogP contribution in [0.5, 0.6) is 0 Å². The Hall–Kier alpha value is -1.68. The summed E-state index contributed by atoms with van der Waals surface area (Å²) < 4.78 is 5.00. The normalized spacial score (nSPS) is 10.6. The number of rotatable bonds is 2. The Morgan fingerprint density at radius 1 is 1.33 bits per heavy atom. The van der Waals surface area contributed by atoms with Crippen LogP contribution in [0.2, 0.25) is 0 Å². The van der Waals surface area contributed by atoms with Gasteiger partial charge in [-0.25, -0.2) is 9.97 Å². The molecule has 4 nitrogen and oxygen atoms in total. The Kier molecular flexibility index (Phi) is 2.51. The van der Waals surface area contributed by atoms with Gasteiger partial charge in [0, 0.05) is 12.2 Å². The minimum atomic E-state index is 0.431. The topological polar surface area (TPSA) is 64.9 Å². The zero-order valence-electron chi connectivity index (χ0n) is 8.82. The highest BCUT2D eigenvalue weighted by atomic mass is 16.3. The molecule has 0 aliphatic carbocycles. The lowest BCUT2D eigenvalue weighted by atomic mass is 10.1. The third-order valence-electron chi connectivity index (χ3n) is 2.46. The van der Waals surface area contributed by atoms with E-state index in [4.69, 9.17) is 10.2 Å². The smallest absolute Gasteiger partial charge is 0.162 e. The molecule has 0 bridgehead atoms. The molecule has 0 aliphatic heterocycles. The molecule has 0 unspecified atom stereocenters. The van der Waals surface area contributed by atoms with Gasteiger partial charge in [0.1, 0.15) is 6.26 Å². The summed E-state index contributed by atoms with van der Waals surface area (Å²) in [6.07, 6.45) is 3.24. The lowest BCUT2D eigenvalue weighted by Crippen LogP contribution is -2.07. The van der Waals surface area contributed by atoms with Crippen molar-refractivity contribution in [2.45, 2.75) is 20.4 Å². The molecule has 2 rings (SSSR count). The van der Waals surface area contributed by atoms with Crippen molar-refractivity contribution < 1.29 is 4.42 Å². The van der Waals surface area contributed by atoms with Gasteiger partial charge in [0.2, 0.25) is 0 Å². The van der Waals surface area contributed by atoms with Crippen LogP contribution < -0.4 is 5.73 Å². The second kappa shape index (κ2) is 3.82. The largest absolute Gasteiger partial charge is 0.472 e. The number of hydrogen-bond donors (Lipinski definition) is 1. The monoisotopic (exact) mass is 203 g/mol. The summed E-state index contributed by atoms with van der Waals surface area (Å²) in [4.78, 5) is 8.80. The van der Waals surface area contributed by atoms with Crippen molar-refractivity contribution in [2.75, 3.05) is 0 Å². The number of hydrogen-bond acceptors (Lipinski definition) is 4.